The van der Waals surface area contributed by atoms with Crippen molar-refractivity contribution in [2.24, 2.45) is 7.05 Å². The largest absolute Gasteiger partial charge is 0.347 e. The van der Waals surface area contributed by atoms with Crippen LogP contribution in [0.5, 0.6) is 0 Å². The quantitative estimate of drug-likeness (QED) is 0.632. The van der Waals surface area contributed by atoms with Crippen molar-refractivity contribution in [1.82, 2.24) is 25.7 Å². The van der Waals surface area contributed by atoms with Crippen LogP contribution in [-0.4, -0.2) is 28.5 Å². The third kappa shape index (κ3) is 3.48. The minimum absolute atomic E-state index is 0.0406. The lowest BCUT2D eigenvalue weighted by atomic mass is 10.1. The number of rotatable bonds is 5. The summed E-state index contributed by atoms with van der Waals surface area (Å²) in [6.07, 6.45) is -2.58. The third-order valence-corrected chi connectivity index (χ3v) is 5.10. The summed E-state index contributed by atoms with van der Waals surface area (Å²) >= 11 is 0. The van der Waals surface area contributed by atoms with Gasteiger partial charge in [0.1, 0.15) is 11.3 Å². The Morgan fingerprint density at radius 1 is 1.25 bits per heavy atom. The number of nitrogens with one attached hydrogen (secondary N) is 3. The number of nitrogens with zero attached hydrogens (tertiary/aromatic N) is 2. The van der Waals surface area contributed by atoms with E-state index in [-0.39, 0.29) is 23.9 Å². The number of halogens is 2. The first kappa shape index (κ1) is 18.5. The van der Waals surface area contributed by atoms with Crippen molar-refractivity contribution in [3.8, 4) is 0 Å². The number of carbonyl (C=O) groups excluding carboxylic acids is 1. The lowest BCUT2D eigenvalue weighted by Gasteiger charge is -2.11. The maximum absolute atomic E-state index is 13.1. The van der Waals surface area contributed by atoms with Crippen molar-refractivity contribution >= 4 is 16.9 Å². The fraction of sp³-hybridized carbons (Fsp3) is 0.300. The predicted octanol–water partition coefficient (Wildman–Crippen LogP) is 2.63. The number of benzene rings is 1. The second-order valence-corrected chi connectivity index (χ2v) is 6.88. The Morgan fingerprint density at radius 3 is 2.75 bits per heavy atom. The highest BCUT2D eigenvalue weighted by molar-refractivity contribution is 5.97. The Kier molecular flexibility index (Phi) is 5.06. The van der Waals surface area contributed by atoms with Crippen LogP contribution in [0.2, 0.25) is 0 Å². The molecule has 1 aliphatic heterocycles. The first-order valence-corrected chi connectivity index (χ1v) is 9.11. The van der Waals surface area contributed by atoms with E-state index in [1.807, 2.05) is 12.1 Å². The molecule has 2 aromatic heterocycles. The van der Waals surface area contributed by atoms with Gasteiger partial charge in [-0.2, -0.15) is 0 Å². The molecule has 3 aromatic rings. The number of aryl methyl sites for hydroxylation is 1. The van der Waals surface area contributed by atoms with Gasteiger partial charge in [0.25, 0.3) is 12.3 Å². The van der Waals surface area contributed by atoms with Gasteiger partial charge in [-0.05, 0) is 23.8 Å². The first-order valence-electron chi connectivity index (χ1n) is 9.11. The maximum Gasteiger partial charge on any atom is 0.268 e. The van der Waals surface area contributed by atoms with E-state index in [0.29, 0.717) is 11.3 Å². The molecule has 3 heterocycles. The van der Waals surface area contributed by atoms with Gasteiger partial charge in [-0.15, -0.1) is 0 Å². The maximum atomic E-state index is 13.1. The molecule has 0 unspecified atom stereocenters. The van der Waals surface area contributed by atoms with E-state index in [0.717, 1.165) is 29.8 Å². The van der Waals surface area contributed by atoms with E-state index in [2.05, 4.69) is 16.2 Å². The number of fused-ring (bicyclic) bond motifs is 1. The van der Waals surface area contributed by atoms with E-state index in [1.165, 1.54) is 6.07 Å². The molecule has 0 saturated carbocycles. The molecule has 4 rings (SSSR count). The molecule has 1 aromatic carbocycles. The minimum Gasteiger partial charge on any atom is -0.347 e. The number of amides is 1. The average Bonchev–Trinajstić information content (AvgIpc) is 3.34. The number of aromatic nitrogens is 2. The molecular formula is C20H21F2N5O. The summed E-state index contributed by atoms with van der Waals surface area (Å²) in [5, 5.41) is 3.61. The third-order valence-electron chi connectivity index (χ3n) is 5.10. The predicted molar refractivity (Wildman–Crippen MR) is 102 cm³/mol. The van der Waals surface area contributed by atoms with Crippen LogP contribution in [0.15, 0.2) is 42.5 Å². The topological polar surface area (TPSA) is 71.0 Å². The molecule has 0 radical (unpaired) electrons. The highest BCUT2D eigenvalue weighted by atomic mass is 19.3. The molecule has 0 aliphatic carbocycles. The Hall–Kier alpha value is -2.84. The summed E-state index contributed by atoms with van der Waals surface area (Å²) in [7, 11) is 1.78. The van der Waals surface area contributed by atoms with Gasteiger partial charge in [-0.25, -0.2) is 13.8 Å². The van der Waals surface area contributed by atoms with Crippen molar-refractivity contribution in [3.63, 3.8) is 0 Å². The van der Waals surface area contributed by atoms with Crippen molar-refractivity contribution < 1.29 is 13.6 Å². The van der Waals surface area contributed by atoms with Crippen LogP contribution in [0.4, 0.5) is 8.78 Å². The summed E-state index contributed by atoms with van der Waals surface area (Å²) in [4.78, 5) is 17.4. The van der Waals surface area contributed by atoms with E-state index in [9.17, 15) is 13.6 Å². The van der Waals surface area contributed by atoms with Gasteiger partial charge in [-0.3, -0.25) is 15.6 Å². The SMILES string of the molecule is Cn1c(C(=O)NCc2ccccc2C(F)F)cc2ccc(C3CNNC3)nc21. The molecule has 146 valence electrons. The second-order valence-electron chi connectivity index (χ2n) is 6.88. The van der Waals surface area contributed by atoms with E-state index in [4.69, 9.17) is 4.98 Å². The zero-order valence-corrected chi connectivity index (χ0v) is 15.4. The molecule has 1 amide bonds. The number of alkyl halides is 2. The number of hydrazine groups is 1. The Morgan fingerprint density at radius 2 is 2.00 bits per heavy atom. The number of hydrogen-bond donors (Lipinski definition) is 3. The van der Waals surface area contributed by atoms with E-state index < -0.39 is 6.43 Å². The van der Waals surface area contributed by atoms with Crippen LogP contribution >= 0.6 is 0 Å². The molecule has 3 N–H and O–H groups in total. The molecule has 8 heteroatoms. The zero-order valence-electron chi connectivity index (χ0n) is 15.4. The van der Waals surface area contributed by atoms with Crippen LogP contribution in [-0.2, 0) is 13.6 Å². The lowest BCUT2D eigenvalue weighted by molar-refractivity contribution is 0.0941. The molecule has 28 heavy (non-hydrogen) atoms. The van der Waals surface area contributed by atoms with Crippen LogP contribution in [0.1, 0.15) is 39.7 Å². The van der Waals surface area contributed by atoms with Crippen LogP contribution in [0, 0.1) is 0 Å². The molecular weight excluding hydrogens is 364 g/mol. The van der Waals surface area contributed by atoms with Crippen LogP contribution < -0.4 is 16.2 Å². The zero-order chi connectivity index (χ0) is 19.7. The highest BCUT2D eigenvalue weighted by Gasteiger charge is 2.20. The Bertz CT molecular complexity index is 1010. The summed E-state index contributed by atoms with van der Waals surface area (Å²) in [6, 6.07) is 11.9. The van der Waals surface area contributed by atoms with Crippen molar-refractivity contribution in [1.29, 1.82) is 0 Å². The summed E-state index contributed by atoms with van der Waals surface area (Å²) in [6.45, 7) is 1.65. The summed E-state index contributed by atoms with van der Waals surface area (Å²) in [5.74, 6) is -0.0438. The molecule has 6 nitrogen and oxygen atoms in total. The summed E-state index contributed by atoms with van der Waals surface area (Å²) in [5.41, 5.74) is 8.65. The van der Waals surface area contributed by atoms with Crippen LogP contribution in [0.3, 0.4) is 0 Å². The Labute approximate surface area is 160 Å². The van der Waals surface area contributed by atoms with Gasteiger partial charge in [0, 0.05) is 49.2 Å². The molecule has 1 aliphatic rings. The minimum atomic E-state index is -2.58. The molecule has 0 bridgehead atoms. The van der Waals surface area contributed by atoms with Crippen molar-refractivity contribution in [2.45, 2.75) is 18.9 Å². The van der Waals surface area contributed by atoms with Gasteiger partial charge in [0.2, 0.25) is 0 Å². The van der Waals surface area contributed by atoms with E-state index in [1.54, 1.807) is 35.9 Å². The highest BCUT2D eigenvalue weighted by Crippen LogP contribution is 2.24. The van der Waals surface area contributed by atoms with Gasteiger partial charge >= 0.3 is 0 Å². The number of carbonyl (C=O) groups is 1. The van der Waals surface area contributed by atoms with Gasteiger partial charge in [0.15, 0.2) is 0 Å². The lowest BCUT2D eigenvalue weighted by Crippen LogP contribution is -2.25. The standard InChI is InChI=1S/C20H21F2N5O/c1-27-17(20(28)23-9-13-4-2-3-5-15(13)18(21)22)8-12-6-7-16(26-19(12)27)14-10-24-25-11-14/h2-8,14,18,24-25H,9-11H2,1H3,(H,23,28). The molecule has 1 saturated heterocycles. The average molecular weight is 385 g/mol. The monoisotopic (exact) mass is 385 g/mol. The Balaban J connectivity index is 1.55. The fourth-order valence-electron chi connectivity index (χ4n) is 3.50. The van der Waals surface area contributed by atoms with Crippen LogP contribution in [0.25, 0.3) is 11.0 Å². The first-order chi connectivity index (χ1) is 13.5. The van der Waals surface area contributed by atoms with E-state index >= 15 is 0 Å². The smallest absolute Gasteiger partial charge is 0.268 e. The van der Waals surface area contributed by atoms with Crippen molar-refractivity contribution in [3.05, 3.63) is 65.0 Å². The second kappa shape index (κ2) is 7.65. The number of pyridine rings is 1. The fourth-order valence-corrected chi connectivity index (χ4v) is 3.50. The van der Waals surface area contributed by atoms with Gasteiger partial charge in [0.05, 0.1) is 0 Å². The molecule has 1 fully saturated rings. The number of hydrogen-bond acceptors (Lipinski definition) is 4. The molecule has 0 spiro atoms. The van der Waals surface area contributed by atoms with Gasteiger partial charge < -0.3 is 9.88 Å². The molecule has 0 atom stereocenters. The van der Waals surface area contributed by atoms with Crippen molar-refractivity contribution in [2.75, 3.05) is 13.1 Å². The summed E-state index contributed by atoms with van der Waals surface area (Å²) < 4.78 is 28.0. The van der Waals surface area contributed by atoms with Gasteiger partial charge in [-0.1, -0.05) is 24.3 Å². The normalized spacial score (nSPS) is 14.9.